The highest BCUT2D eigenvalue weighted by Crippen LogP contribution is 1.88. The van der Waals surface area contributed by atoms with Crippen LogP contribution >= 0.6 is 0 Å². The molecule has 6 nitrogen and oxygen atoms in total. The van der Waals surface area contributed by atoms with Gasteiger partial charge in [0.05, 0.1) is 18.4 Å². The molecule has 0 bridgehead atoms. The summed E-state index contributed by atoms with van der Waals surface area (Å²) < 4.78 is 0. The number of hydrogen-bond donors (Lipinski definition) is 2. The molecule has 1 unspecified atom stereocenters. The highest BCUT2D eigenvalue weighted by Gasteiger charge is 2.13. The van der Waals surface area contributed by atoms with Gasteiger partial charge in [0.25, 0.3) is 0 Å². The molecule has 0 aliphatic carbocycles. The van der Waals surface area contributed by atoms with Gasteiger partial charge in [0, 0.05) is 6.92 Å². The van der Waals surface area contributed by atoms with E-state index in [1.807, 2.05) is 5.32 Å². The second kappa shape index (κ2) is 4.32. The third-order valence-corrected chi connectivity index (χ3v) is 1.07. The predicted molar refractivity (Wildman–Crippen MR) is 36.4 cm³/mol. The zero-order valence-electron chi connectivity index (χ0n) is 6.49. The molecular formula is C6H9N2O4-. The molecule has 0 rings (SSSR count). The van der Waals surface area contributed by atoms with Crippen molar-refractivity contribution >= 4 is 17.8 Å². The van der Waals surface area contributed by atoms with Crippen molar-refractivity contribution in [2.45, 2.75) is 19.4 Å². The summed E-state index contributed by atoms with van der Waals surface area (Å²) in [6, 6.07) is -1.33. The highest BCUT2D eigenvalue weighted by molar-refractivity contribution is 5.86. The number of carbonyl (C=O) groups is 3. The number of rotatable bonds is 4. The van der Waals surface area contributed by atoms with Gasteiger partial charge in [-0.1, -0.05) is 0 Å². The first-order valence-corrected chi connectivity index (χ1v) is 3.19. The molecule has 6 heteroatoms. The number of carbonyl (C=O) groups excluding carboxylic acids is 3. The summed E-state index contributed by atoms with van der Waals surface area (Å²) in [6.07, 6.45) is -0.456. The molecule has 0 aromatic heterocycles. The Hall–Kier alpha value is -1.59. The second-order valence-corrected chi connectivity index (χ2v) is 2.24. The number of nitrogens with two attached hydrogens (primary N) is 1. The Kier molecular flexibility index (Phi) is 3.75. The molecule has 68 valence electrons. The fourth-order valence-corrected chi connectivity index (χ4v) is 0.640. The van der Waals surface area contributed by atoms with Gasteiger partial charge in [-0.05, 0) is 0 Å². The van der Waals surface area contributed by atoms with Crippen molar-refractivity contribution in [2.75, 3.05) is 0 Å². The van der Waals surface area contributed by atoms with Gasteiger partial charge in [0.1, 0.15) is 0 Å². The van der Waals surface area contributed by atoms with Crippen LogP contribution in [-0.4, -0.2) is 23.8 Å². The minimum atomic E-state index is -1.52. The van der Waals surface area contributed by atoms with Crippen LogP contribution in [-0.2, 0) is 14.4 Å². The minimum absolute atomic E-state index is 0.456. The first kappa shape index (κ1) is 10.4. The Morgan fingerprint density at radius 3 is 2.25 bits per heavy atom. The van der Waals surface area contributed by atoms with Gasteiger partial charge < -0.3 is 21.0 Å². The van der Waals surface area contributed by atoms with E-state index in [4.69, 9.17) is 5.73 Å². The van der Waals surface area contributed by atoms with E-state index >= 15 is 0 Å². The zero-order chi connectivity index (χ0) is 9.72. The summed E-state index contributed by atoms with van der Waals surface area (Å²) in [7, 11) is 0. The molecule has 0 fully saturated rings. The number of aliphatic carboxylic acids is 1. The van der Waals surface area contributed by atoms with Crippen molar-refractivity contribution in [2.24, 2.45) is 5.73 Å². The third kappa shape index (κ3) is 4.26. The fraction of sp³-hybridized carbons (Fsp3) is 0.500. The Balaban J connectivity index is 4.14. The maximum Gasteiger partial charge on any atom is 0.219 e. The van der Waals surface area contributed by atoms with Crippen molar-refractivity contribution in [1.82, 2.24) is 5.32 Å². The highest BCUT2D eigenvalue weighted by atomic mass is 16.4. The van der Waals surface area contributed by atoms with Gasteiger partial charge in [0.2, 0.25) is 11.8 Å². The first-order valence-electron chi connectivity index (χ1n) is 3.19. The fourth-order valence-electron chi connectivity index (χ4n) is 0.640. The Labute approximate surface area is 68.7 Å². The van der Waals surface area contributed by atoms with Gasteiger partial charge in [-0.15, -0.1) is 0 Å². The topological polar surface area (TPSA) is 112 Å². The molecule has 0 aromatic rings. The van der Waals surface area contributed by atoms with Crippen LogP contribution in [0.25, 0.3) is 0 Å². The Morgan fingerprint density at radius 2 is 2.00 bits per heavy atom. The standard InChI is InChI=1S/C6H10N2O4/c1-3(9)8-4(6(11)12)2-5(7)10/h4H,2H2,1H3,(H2,7,10)(H,8,9)(H,11,12)/p-1. The average Bonchev–Trinajstić information content (AvgIpc) is 1.83. The lowest BCUT2D eigenvalue weighted by molar-refractivity contribution is -0.308. The van der Waals surface area contributed by atoms with Gasteiger partial charge in [-0.3, -0.25) is 9.59 Å². The summed E-state index contributed by atoms with van der Waals surface area (Å²) in [5, 5.41) is 12.2. The van der Waals surface area contributed by atoms with Crippen LogP contribution in [0.15, 0.2) is 0 Å². The van der Waals surface area contributed by atoms with E-state index < -0.39 is 30.2 Å². The molecule has 3 N–H and O–H groups in total. The van der Waals surface area contributed by atoms with Crippen molar-refractivity contribution in [3.8, 4) is 0 Å². The number of carboxylic acids is 1. The SMILES string of the molecule is CC(=O)NC(CC(N)=O)C(=O)[O-]. The number of primary amides is 1. The normalized spacial score (nSPS) is 11.8. The van der Waals surface area contributed by atoms with Gasteiger partial charge in [-0.2, -0.15) is 0 Å². The summed E-state index contributed by atoms with van der Waals surface area (Å²) in [4.78, 5) is 30.9. The minimum Gasteiger partial charge on any atom is -0.548 e. The van der Waals surface area contributed by atoms with E-state index in [1.165, 1.54) is 0 Å². The monoisotopic (exact) mass is 173 g/mol. The maximum absolute atomic E-state index is 10.4. The van der Waals surface area contributed by atoms with Gasteiger partial charge >= 0.3 is 0 Å². The van der Waals surface area contributed by atoms with Crippen molar-refractivity contribution in [3.63, 3.8) is 0 Å². The van der Waals surface area contributed by atoms with Gasteiger partial charge in [0.15, 0.2) is 0 Å². The van der Waals surface area contributed by atoms with Crippen LogP contribution in [0, 0.1) is 0 Å². The molecule has 0 saturated heterocycles. The van der Waals surface area contributed by atoms with E-state index in [9.17, 15) is 19.5 Å². The molecule has 0 heterocycles. The summed E-state index contributed by atoms with van der Waals surface area (Å²) in [5.41, 5.74) is 4.73. The summed E-state index contributed by atoms with van der Waals surface area (Å²) >= 11 is 0. The number of hydrogen-bond acceptors (Lipinski definition) is 4. The molecule has 0 aliphatic heterocycles. The molecule has 0 saturated carbocycles. The molecule has 0 aromatic carbocycles. The molecular weight excluding hydrogens is 164 g/mol. The molecule has 2 amide bonds. The van der Waals surface area contributed by atoms with Crippen LogP contribution < -0.4 is 16.2 Å². The average molecular weight is 173 g/mol. The quantitative estimate of drug-likeness (QED) is 0.475. The largest absolute Gasteiger partial charge is 0.548 e. The Morgan fingerprint density at radius 1 is 1.50 bits per heavy atom. The van der Waals surface area contributed by atoms with Crippen LogP contribution in [0.3, 0.4) is 0 Å². The molecule has 0 spiro atoms. The van der Waals surface area contributed by atoms with Gasteiger partial charge in [-0.25, -0.2) is 0 Å². The smallest absolute Gasteiger partial charge is 0.219 e. The second-order valence-electron chi connectivity index (χ2n) is 2.24. The molecule has 1 atom stereocenters. The molecule has 0 aliphatic rings. The predicted octanol–water partition coefficient (Wildman–Crippen LogP) is -2.88. The van der Waals surface area contributed by atoms with E-state index in [0.717, 1.165) is 6.92 Å². The lowest BCUT2D eigenvalue weighted by Crippen LogP contribution is -2.49. The number of nitrogens with one attached hydrogen (secondary N) is 1. The van der Waals surface area contributed by atoms with E-state index in [2.05, 4.69) is 0 Å². The van der Waals surface area contributed by atoms with Crippen LogP contribution in [0.1, 0.15) is 13.3 Å². The van der Waals surface area contributed by atoms with Crippen LogP contribution in [0.2, 0.25) is 0 Å². The molecule has 0 radical (unpaired) electrons. The lowest BCUT2D eigenvalue weighted by Gasteiger charge is -2.16. The van der Waals surface area contributed by atoms with Crippen molar-refractivity contribution in [3.05, 3.63) is 0 Å². The van der Waals surface area contributed by atoms with E-state index in [0.29, 0.717) is 0 Å². The third-order valence-electron chi connectivity index (χ3n) is 1.07. The number of carboxylic acid groups (broad SMARTS) is 1. The summed E-state index contributed by atoms with van der Waals surface area (Å²) in [6.45, 7) is 1.14. The van der Waals surface area contributed by atoms with Crippen molar-refractivity contribution < 1.29 is 19.5 Å². The molecule has 12 heavy (non-hydrogen) atoms. The lowest BCUT2D eigenvalue weighted by atomic mass is 10.2. The van der Waals surface area contributed by atoms with Crippen molar-refractivity contribution in [1.29, 1.82) is 0 Å². The number of amides is 2. The van der Waals surface area contributed by atoms with Crippen LogP contribution in [0.4, 0.5) is 0 Å². The van der Waals surface area contributed by atoms with Crippen LogP contribution in [0.5, 0.6) is 0 Å². The zero-order valence-corrected chi connectivity index (χ0v) is 6.49. The maximum atomic E-state index is 10.4. The summed E-state index contributed by atoms with van der Waals surface area (Å²) in [5.74, 6) is -2.88. The Bertz CT molecular complexity index is 198. The van der Waals surface area contributed by atoms with E-state index in [-0.39, 0.29) is 0 Å². The first-order chi connectivity index (χ1) is 5.43. The van der Waals surface area contributed by atoms with E-state index in [1.54, 1.807) is 0 Å².